The van der Waals surface area contributed by atoms with Crippen molar-refractivity contribution in [1.82, 2.24) is 14.4 Å². The summed E-state index contributed by atoms with van der Waals surface area (Å²) in [5.41, 5.74) is 2.20. The van der Waals surface area contributed by atoms with Crippen LogP contribution in [0.5, 0.6) is 0 Å². The number of fused-ring (bicyclic) bond motifs is 3. The van der Waals surface area contributed by atoms with E-state index in [1.807, 2.05) is 12.1 Å². The number of carbonyl (C=O) groups is 1. The highest BCUT2D eigenvalue weighted by atomic mass is 32.1. The third-order valence-corrected chi connectivity index (χ3v) is 6.84. The van der Waals surface area contributed by atoms with Crippen molar-refractivity contribution in [2.24, 2.45) is 0 Å². The van der Waals surface area contributed by atoms with Gasteiger partial charge in [-0.1, -0.05) is 6.07 Å². The lowest BCUT2D eigenvalue weighted by Gasteiger charge is -2.38. The molecule has 0 spiro atoms. The minimum Gasteiger partial charge on any atom is -0.337 e. The second-order valence-electron chi connectivity index (χ2n) is 6.77. The van der Waals surface area contributed by atoms with Gasteiger partial charge >= 0.3 is 0 Å². The van der Waals surface area contributed by atoms with E-state index in [0.29, 0.717) is 6.04 Å². The van der Waals surface area contributed by atoms with Crippen molar-refractivity contribution in [3.8, 4) is 0 Å². The van der Waals surface area contributed by atoms with Gasteiger partial charge in [0.05, 0.1) is 18.6 Å². The van der Waals surface area contributed by atoms with E-state index in [2.05, 4.69) is 54.9 Å². The van der Waals surface area contributed by atoms with Gasteiger partial charge in [0.1, 0.15) is 5.69 Å². The van der Waals surface area contributed by atoms with Gasteiger partial charge in [-0.15, -0.1) is 11.3 Å². The Kier molecular flexibility index (Phi) is 3.77. The first kappa shape index (κ1) is 15.4. The van der Waals surface area contributed by atoms with Gasteiger partial charge in [-0.2, -0.15) is 11.3 Å². The molecule has 0 unspecified atom stereocenters. The zero-order chi connectivity index (χ0) is 16.8. The van der Waals surface area contributed by atoms with Crippen LogP contribution in [0.1, 0.15) is 27.0 Å². The summed E-state index contributed by atoms with van der Waals surface area (Å²) < 4.78 is 2.20. The van der Waals surface area contributed by atoms with Crippen molar-refractivity contribution < 1.29 is 4.79 Å². The van der Waals surface area contributed by atoms with Gasteiger partial charge in [-0.3, -0.25) is 9.69 Å². The van der Waals surface area contributed by atoms with Crippen LogP contribution >= 0.6 is 22.7 Å². The van der Waals surface area contributed by atoms with Crippen LogP contribution in [-0.4, -0.2) is 39.4 Å². The number of amides is 1. The van der Waals surface area contributed by atoms with E-state index in [1.165, 1.54) is 10.4 Å². The van der Waals surface area contributed by atoms with Crippen molar-refractivity contribution in [2.75, 3.05) is 13.1 Å². The molecular weight excluding hydrogens is 350 g/mol. The average molecular weight is 370 g/mol. The minimum absolute atomic E-state index is 0.164. The quantitative estimate of drug-likeness (QED) is 0.702. The highest BCUT2D eigenvalue weighted by Gasteiger charge is 2.44. The molecule has 0 N–H and O–H groups in total. The van der Waals surface area contributed by atoms with E-state index in [0.717, 1.165) is 31.9 Å². The van der Waals surface area contributed by atoms with Gasteiger partial charge in [0, 0.05) is 30.7 Å². The highest BCUT2D eigenvalue weighted by molar-refractivity contribution is 7.09. The maximum Gasteiger partial charge on any atom is 0.271 e. The van der Waals surface area contributed by atoms with E-state index >= 15 is 0 Å². The van der Waals surface area contributed by atoms with E-state index in [4.69, 9.17) is 0 Å². The van der Waals surface area contributed by atoms with E-state index in [9.17, 15) is 4.79 Å². The molecule has 25 heavy (non-hydrogen) atoms. The van der Waals surface area contributed by atoms with Crippen LogP contribution in [-0.2, 0) is 13.1 Å². The summed E-state index contributed by atoms with van der Waals surface area (Å²) in [5.74, 6) is 0.164. The molecule has 5 rings (SSSR count). The second kappa shape index (κ2) is 6.12. The van der Waals surface area contributed by atoms with Crippen LogP contribution in [0.25, 0.3) is 0 Å². The van der Waals surface area contributed by atoms with Crippen LogP contribution in [0.2, 0.25) is 0 Å². The van der Waals surface area contributed by atoms with Gasteiger partial charge in [-0.25, -0.2) is 0 Å². The number of nitrogens with zero attached hydrogens (tertiary/aromatic N) is 3. The predicted octanol–water partition coefficient (Wildman–Crippen LogP) is 3.69. The normalized spacial score (nSPS) is 23.0. The Morgan fingerprint density at radius 2 is 1.96 bits per heavy atom. The van der Waals surface area contributed by atoms with E-state index in [-0.39, 0.29) is 11.9 Å². The molecule has 3 aromatic rings. The first-order valence-corrected chi connectivity index (χ1v) is 10.4. The van der Waals surface area contributed by atoms with Crippen molar-refractivity contribution in [2.45, 2.75) is 25.2 Å². The molecule has 0 aromatic carbocycles. The Morgan fingerprint density at radius 3 is 2.76 bits per heavy atom. The largest absolute Gasteiger partial charge is 0.337 e. The van der Waals surface area contributed by atoms with Gasteiger partial charge in [0.25, 0.3) is 5.91 Å². The maximum absolute atomic E-state index is 13.1. The second-order valence-corrected chi connectivity index (χ2v) is 8.59. The molecule has 128 valence electrons. The van der Waals surface area contributed by atoms with Crippen LogP contribution in [0.3, 0.4) is 0 Å². The van der Waals surface area contributed by atoms with Crippen LogP contribution in [0.15, 0.2) is 52.7 Å². The molecule has 0 bridgehead atoms. The third kappa shape index (κ3) is 2.65. The molecule has 0 saturated carbocycles. The van der Waals surface area contributed by atoms with Crippen LogP contribution in [0.4, 0.5) is 0 Å². The monoisotopic (exact) mass is 369 g/mol. The SMILES string of the molecule is O=C1c2cccn2[C@@H]2CN(Cc3ccsc3)C[C@@H]2N1Cc1cccs1. The van der Waals surface area contributed by atoms with Crippen molar-refractivity contribution in [1.29, 1.82) is 0 Å². The zero-order valence-electron chi connectivity index (χ0n) is 13.7. The molecule has 6 heteroatoms. The Bertz CT molecular complexity index is 869. The molecule has 1 saturated heterocycles. The number of likely N-dealkylation sites (tertiary alicyclic amines) is 1. The summed E-state index contributed by atoms with van der Waals surface area (Å²) in [5, 5.41) is 6.44. The molecule has 4 nitrogen and oxygen atoms in total. The summed E-state index contributed by atoms with van der Waals surface area (Å²) in [6.07, 6.45) is 2.07. The molecule has 1 amide bonds. The van der Waals surface area contributed by atoms with Crippen molar-refractivity contribution in [3.63, 3.8) is 0 Å². The molecular formula is C19H19N3OS2. The maximum atomic E-state index is 13.1. The van der Waals surface area contributed by atoms with E-state index < -0.39 is 0 Å². The van der Waals surface area contributed by atoms with Gasteiger partial charge in [0.2, 0.25) is 0 Å². The summed E-state index contributed by atoms with van der Waals surface area (Å²) in [7, 11) is 0. The van der Waals surface area contributed by atoms with Gasteiger partial charge < -0.3 is 9.47 Å². The fourth-order valence-corrected chi connectivity index (χ4v) is 5.48. The lowest BCUT2D eigenvalue weighted by atomic mass is 10.1. The molecule has 2 aliphatic heterocycles. The number of thiophene rings is 2. The summed E-state index contributed by atoms with van der Waals surface area (Å²) >= 11 is 3.47. The summed E-state index contributed by atoms with van der Waals surface area (Å²) in [6.45, 7) is 3.62. The summed E-state index contributed by atoms with van der Waals surface area (Å²) in [6, 6.07) is 10.9. The Balaban J connectivity index is 1.45. The molecule has 1 fully saturated rings. The molecule has 2 aliphatic rings. The number of carbonyl (C=O) groups excluding carboxylic acids is 1. The predicted molar refractivity (Wildman–Crippen MR) is 101 cm³/mol. The Morgan fingerprint density at radius 1 is 1.04 bits per heavy atom. The topological polar surface area (TPSA) is 28.5 Å². The first-order chi connectivity index (χ1) is 12.3. The molecule has 3 aromatic heterocycles. The standard InChI is InChI=1S/C19H19N3OS2/c23-19-16-4-1-6-21(16)17-11-20(9-14-5-8-24-13-14)12-18(17)22(19)10-15-3-2-7-25-15/h1-8,13,17-18H,9-12H2/t17-,18+/m1/s1. The fourth-order valence-electron chi connectivity index (χ4n) is 4.12. The minimum atomic E-state index is 0.164. The van der Waals surface area contributed by atoms with Gasteiger partial charge in [0.15, 0.2) is 0 Å². The van der Waals surface area contributed by atoms with E-state index in [1.54, 1.807) is 22.7 Å². The lowest BCUT2D eigenvalue weighted by molar-refractivity contribution is 0.0559. The zero-order valence-corrected chi connectivity index (χ0v) is 15.4. The Labute approximate surface area is 154 Å². The lowest BCUT2D eigenvalue weighted by Crippen LogP contribution is -2.49. The molecule has 0 radical (unpaired) electrons. The van der Waals surface area contributed by atoms with Crippen molar-refractivity contribution in [3.05, 3.63) is 68.8 Å². The Hall–Kier alpha value is -1.89. The average Bonchev–Trinajstić information content (AvgIpc) is 3.36. The number of rotatable bonds is 4. The fraction of sp³-hybridized carbons (Fsp3) is 0.316. The third-order valence-electron chi connectivity index (χ3n) is 5.24. The van der Waals surface area contributed by atoms with Crippen LogP contribution < -0.4 is 0 Å². The smallest absolute Gasteiger partial charge is 0.271 e. The van der Waals surface area contributed by atoms with Gasteiger partial charge in [-0.05, 0) is 46.0 Å². The summed E-state index contributed by atoms with van der Waals surface area (Å²) in [4.78, 5) is 18.9. The number of hydrogen-bond donors (Lipinski definition) is 0. The molecule has 2 atom stereocenters. The molecule has 5 heterocycles. The van der Waals surface area contributed by atoms with Crippen molar-refractivity contribution >= 4 is 28.6 Å². The highest BCUT2D eigenvalue weighted by Crippen LogP contribution is 2.35. The number of aromatic nitrogens is 1. The molecule has 0 aliphatic carbocycles. The first-order valence-electron chi connectivity index (χ1n) is 8.53. The van der Waals surface area contributed by atoms with Crippen LogP contribution in [0, 0.1) is 0 Å². The number of hydrogen-bond acceptors (Lipinski definition) is 4.